The standard InChI is InChI=1S/C7H6N4.C6H6/c1-2-6(8-4-1)7-3-5-9-11-10-7;1-2-4-6-5-3-1/h1-5,8H;1-6H. The summed E-state index contributed by atoms with van der Waals surface area (Å²) in [5, 5.41) is 10.9. The lowest BCUT2D eigenvalue weighted by Gasteiger charge is -1.90. The molecule has 17 heavy (non-hydrogen) atoms. The number of nitrogens with zero attached hydrogens (tertiary/aromatic N) is 3. The second kappa shape index (κ2) is 6.17. The predicted molar refractivity (Wildman–Crippen MR) is 66.1 cm³/mol. The third-order valence-corrected chi connectivity index (χ3v) is 2.04. The van der Waals surface area contributed by atoms with Crippen molar-refractivity contribution in [2.45, 2.75) is 0 Å². The van der Waals surface area contributed by atoms with E-state index in [1.807, 2.05) is 54.7 Å². The Labute approximate surface area is 99.4 Å². The lowest BCUT2D eigenvalue weighted by molar-refractivity contribution is 0.868. The van der Waals surface area contributed by atoms with Crippen LogP contribution in [0.3, 0.4) is 0 Å². The van der Waals surface area contributed by atoms with Crippen molar-refractivity contribution in [3.63, 3.8) is 0 Å². The van der Waals surface area contributed by atoms with Gasteiger partial charge in [0.1, 0.15) is 5.69 Å². The fraction of sp³-hybridized carbons (Fsp3) is 0. The summed E-state index contributed by atoms with van der Waals surface area (Å²) in [4.78, 5) is 3.02. The SMILES string of the molecule is c1c[nH]c(-c2ccnnn2)c1.c1ccccc1. The second-order valence-electron chi connectivity index (χ2n) is 3.24. The zero-order chi connectivity index (χ0) is 11.8. The van der Waals surface area contributed by atoms with Crippen LogP contribution >= 0.6 is 0 Å². The Morgan fingerprint density at radius 2 is 1.53 bits per heavy atom. The molecule has 0 aliphatic carbocycles. The van der Waals surface area contributed by atoms with Gasteiger partial charge in [0.05, 0.1) is 11.9 Å². The molecule has 0 atom stereocenters. The molecular formula is C13H12N4. The molecule has 3 rings (SSSR count). The maximum atomic E-state index is 3.83. The Bertz CT molecular complexity index is 479. The van der Waals surface area contributed by atoms with Crippen LogP contribution in [0, 0.1) is 0 Å². The third-order valence-electron chi connectivity index (χ3n) is 2.04. The van der Waals surface area contributed by atoms with E-state index in [-0.39, 0.29) is 0 Å². The van der Waals surface area contributed by atoms with Crippen LogP contribution in [-0.4, -0.2) is 20.4 Å². The number of aromatic nitrogens is 4. The van der Waals surface area contributed by atoms with Crippen molar-refractivity contribution < 1.29 is 0 Å². The van der Waals surface area contributed by atoms with E-state index >= 15 is 0 Å². The van der Waals surface area contributed by atoms with Gasteiger partial charge in [-0.1, -0.05) is 36.4 Å². The van der Waals surface area contributed by atoms with Gasteiger partial charge < -0.3 is 4.98 Å². The molecule has 2 heterocycles. The Hall–Kier alpha value is -2.49. The number of rotatable bonds is 1. The van der Waals surface area contributed by atoms with E-state index in [9.17, 15) is 0 Å². The minimum Gasteiger partial charge on any atom is -0.360 e. The van der Waals surface area contributed by atoms with Crippen molar-refractivity contribution in [2.24, 2.45) is 0 Å². The van der Waals surface area contributed by atoms with Crippen LogP contribution in [0.2, 0.25) is 0 Å². The largest absolute Gasteiger partial charge is 0.360 e. The molecule has 0 radical (unpaired) electrons. The van der Waals surface area contributed by atoms with Crippen molar-refractivity contribution in [2.75, 3.05) is 0 Å². The van der Waals surface area contributed by atoms with Crippen molar-refractivity contribution >= 4 is 0 Å². The molecule has 0 aliphatic heterocycles. The smallest absolute Gasteiger partial charge is 0.112 e. The Morgan fingerprint density at radius 3 is 2.00 bits per heavy atom. The summed E-state index contributed by atoms with van der Waals surface area (Å²) < 4.78 is 0. The molecule has 0 amide bonds. The topological polar surface area (TPSA) is 54.5 Å². The van der Waals surface area contributed by atoms with E-state index in [0.29, 0.717) is 0 Å². The average Bonchev–Trinajstić information content (AvgIpc) is 2.96. The Kier molecular flexibility index (Phi) is 4.00. The van der Waals surface area contributed by atoms with Gasteiger partial charge in [0.15, 0.2) is 0 Å². The van der Waals surface area contributed by atoms with Crippen LogP contribution in [0.1, 0.15) is 0 Å². The molecule has 0 spiro atoms. The molecule has 84 valence electrons. The van der Waals surface area contributed by atoms with Gasteiger partial charge in [0, 0.05) is 6.20 Å². The number of nitrogens with one attached hydrogen (secondary N) is 1. The van der Waals surface area contributed by atoms with Gasteiger partial charge in [-0.3, -0.25) is 0 Å². The molecular weight excluding hydrogens is 212 g/mol. The van der Waals surface area contributed by atoms with E-state index in [0.717, 1.165) is 11.4 Å². The van der Waals surface area contributed by atoms with Gasteiger partial charge in [-0.25, -0.2) is 0 Å². The van der Waals surface area contributed by atoms with Crippen LogP contribution in [-0.2, 0) is 0 Å². The van der Waals surface area contributed by atoms with E-state index in [2.05, 4.69) is 20.4 Å². The first kappa shape index (κ1) is 11.0. The molecule has 0 fully saturated rings. The van der Waals surface area contributed by atoms with Crippen molar-refractivity contribution in [3.05, 3.63) is 67.0 Å². The van der Waals surface area contributed by atoms with Crippen molar-refractivity contribution in [1.82, 2.24) is 20.4 Å². The van der Waals surface area contributed by atoms with Crippen LogP contribution in [0.4, 0.5) is 0 Å². The molecule has 3 aromatic rings. The summed E-state index contributed by atoms with van der Waals surface area (Å²) in [7, 11) is 0. The Balaban J connectivity index is 0.000000153. The highest BCUT2D eigenvalue weighted by atomic mass is 15.3. The minimum absolute atomic E-state index is 0.810. The van der Waals surface area contributed by atoms with Gasteiger partial charge in [-0.15, -0.1) is 10.2 Å². The zero-order valence-corrected chi connectivity index (χ0v) is 9.19. The monoisotopic (exact) mass is 224 g/mol. The van der Waals surface area contributed by atoms with Gasteiger partial charge in [0.2, 0.25) is 0 Å². The number of hydrogen-bond acceptors (Lipinski definition) is 3. The fourth-order valence-corrected chi connectivity index (χ4v) is 1.26. The maximum Gasteiger partial charge on any atom is 0.112 e. The summed E-state index contributed by atoms with van der Waals surface area (Å²) in [6, 6.07) is 17.7. The minimum atomic E-state index is 0.810. The highest BCUT2D eigenvalue weighted by Crippen LogP contribution is 2.10. The second-order valence-corrected chi connectivity index (χ2v) is 3.24. The van der Waals surface area contributed by atoms with Crippen LogP contribution in [0.15, 0.2) is 67.0 Å². The molecule has 0 saturated carbocycles. The van der Waals surface area contributed by atoms with E-state index < -0.39 is 0 Å². The summed E-state index contributed by atoms with van der Waals surface area (Å²) >= 11 is 0. The molecule has 1 aromatic carbocycles. The predicted octanol–water partition coefficient (Wildman–Crippen LogP) is 2.55. The molecule has 0 unspecified atom stereocenters. The molecule has 1 N–H and O–H groups in total. The van der Waals surface area contributed by atoms with Crippen LogP contribution < -0.4 is 0 Å². The molecule has 0 aliphatic rings. The number of H-pyrrole nitrogens is 1. The highest BCUT2D eigenvalue weighted by Gasteiger charge is 1.96. The molecule has 0 saturated heterocycles. The zero-order valence-electron chi connectivity index (χ0n) is 9.19. The van der Waals surface area contributed by atoms with Crippen molar-refractivity contribution in [1.29, 1.82) is 0 Å². The maximum absolute atomic E-state index is 3.83. The summed E-state index contributed by atoms with van der Waals surface area (Å²) in [5.41, 5.74) is 1.77. The normalized spacial score (nSPS) is 9.18. The van der Waals surface area contributed by atoms with E-state index in [1.54, 1.807) is 12.3 Å². The van der Waals surface area contributed by atoms with Crippen molar-refractivity contribution in [3.8, 4) is 11.4 Å². The summed E-state index contributed by atoms with van der Waals surface area (Å²) in [5.74, 6) is 0. The first-order valence-electron chi connectivity index (χ1n) is 5.25. The number of benzene rings is 1. The highest BCUT2D eigenvalue weighted by molar-refractivity contribution is 5.52. The first-order valence-corrected chi connectivity index (χ1v) is 5.25. The lowest BCUT2D eigenvalue weighted by atomic mass is 10.3. The van der Waals surface area contributed by atoms with Gasteiger partial charge >= 0.3 is 0 Å². The van der Waals surface area contributed by atoms with Crippen LogP contribution in [0.25, 0.3) is 11.4 Å². The third kappa shape index (κ3) is 3.53. The Morgan fingerprint density at radius 1 is 0.824 bits per heavy atom. The first-order chi connectivity index (χ1) is 8.47. The summed E-state index contributed by atoms with van der Waals surface area (Å²) in [6.45, 7) is 0. The van der Waals surface area contributed by atoms with Gasteiger partial charge in [0.25, 0.3) is 0 Å². The molecule has 0 bridgehead atoms. The van der Waals surface area contributed by atoms with E-state index in [1.165, 1.54) is 0 Å². The van der Waals surface area contributed by atoms with Gasteiger partial charge in [-0.2, -0.15) is 0 Å². The number of aromatic amines is 1. The molecule has 4 nitrogen and oxygen atoms in total. The molecule has 2 aromatic heterocycles. The summed E-state index contributed by atoms with van der Waals surface area (Å²) in [6.07, 6.45) is 3.46. The fourth-order valence-electron chi connectivity index (χ4n) is 1.26. The average molecular weight is 224 g/mol. The quantitative estimate of drug-likeness (QED) is 0.691. The number of hydrogen-bond donors (Lipinski definition) is 1. The van der Waals surface area contributed by atoms with Crippen LogP contribution in [0.5, 0.6) is 0 Å². The lowest BCUT2D eigenvalue weighted by Crippen LogP contribution is -1.88. The van der Waals surface area contributed by atoms with E-state index in [4.69, 9.17) is 0 Å². The van der Waals surface area contributed by atoms with Gasteiger partial charge in [-0.05, 0) is 23.4 Å². The molecule has 4 heteroatoms.